The summed E-state index contributed by atoms with van der Waals surface area (Å²) in [4.78, 5) is 16.5. The van der Waals surface area contributed by atoms with Crippen LogP contribution in [-0.2, 0) is 6.54 Å². The van der Waals surface area contributed by atoms with Crippen molar-refractivity contribution in [3.8, 4) is 11.4 Å². The predicted molar refractivity (Wildman–Crippen MR) is 92.1 cm³/mol. The van der Waals surface area contributed by atoms with Crippen LogP contribution in [0.15, 0.2) is 49.1 Å². The molecule has 0 spiro atoms. The lowest BCUT2D eigenvalue weighted by Gasteiger charge is -2.09. The van der Waals surface area contributed by atoms with Gasteiger partial charge in [0.25, 0.3) is 0 Å². The summed E-state index contributed by atoms with van der Waals surface area (Å²) < 4.78 is 28.9. The molecule has 0 aliphatic heterocycles. The van der Waals surface area contributed by atoms with Crippen molar-refractivity contribution in [3.05, 3.63) is 66.3 Å². The Balaban J connectivity index is 1.62. The van der Waals surface area contributed by atoms with E-state index in [1.54, 1.807) is 12.5 Å². The van der Waals surface area contributed by atoms with Gasteiger partial charge in [-0.2, -0.15) is 15.0 Å². The molecule has 3 aromatic heterocycles. The topological polar surface area (TPSA) is 94.0 Å². The number of nitrogen functional groups attached to an aromatic ring is 1. The minimum Gasteiger partial charge on any atom is -0.368 e. The maximum atomic E-state index is 13.7. The Morgan fingerprint density at radius 1 is 1.08 bits per heavy atom. The number of benzene rings is 1. The van der Waals surface area contributed by atoms with Gasteiger partial charge in [-0.25, -0.2) is 13.8 Å². The first-order chi connectivity index (χ1) is 12.6. The minimum absolute atomic E-state index is 0.00699. The summed E-state index contributed by atoms with van der Waals surface area (Å²) >= 11 is 0. The third kappa shape index (κ3) is 3.02. The van der Waals surface area contributed by atoms with E-state index < -0.39 is 11.6 Å². The second kappa shape index (κ2) is 6.36. The maximum absolute atomic E-state index is 13.7. The molecular formula is C17H13F2N7. The molecule has 3 heterocycles. The van der Waals surface area contributed by atoms with Crippen molar-refractivity contribution in [1.82, 2.24) is 24.3 Å². The highest BCUT2D eigenvalue weighted by Crippen LogP contribution is 2.19. The average molecular weight is 353 g/mol. The van der Waals surface area contributed by atoms with E-state index in [-0.39, 0.29) is 24.0 Å². The molecule has 0 fully saturated rings. The van der Waals surface area contributed by atoms with Gasteiger partial charge in [-0.3, -0.25) is 0 Å². The van der Waals surface area contributed by atoms with E-state index in [4.69, 9.17) is 5.73 Å². The number of nitrogens with zero attached hydrogens (tertiary/aromatic N) is 5. The molecule has 26 heavy (non-hydrogen) atoms. The van der Waals surface area contributed by atoms with Crippen molar-refractivity contribution in [2.45, 2.75) is 6.54 Å². The van der Waals surface area contributed by atoms with Crippen LogP contribution < -0.4 is 11.1 Å². The van der Waals surface area contributed by atoms with Crippen LogP contribution in [0.3, 0.4) is 0 Å². The smallest absolute Gasteiger partial charge is 0.228 e. The van der Waals surface area contributed by atoms with Crippen molar-refractivity contribution in [3.63, 3.8) is 0 Å². The molecule has 130 valence electrons. The Morgan fingerprint density at radius 3 is 2.85 bits per heavy atom. The number of fused-ring (bicyclic) bond motifs is 1. The van der Waals surface area contributed by atoms with Gasteiger partial charge in [-0.1, -0.05) is 12.1 Å². The molecule has 1 aromatic carbocycles. The first kappa shape index (κ1) is 15.9. The van der Waals surface area contributed by atoms with Gasteiger partial charge < -0.3 is 15.5 Å². The Morgan fingerprint density at radius 2 is 1.96 bits per heavy atom. The van der Waals surface area contributed by atoms with Crippen LogP contribution in [0.5, 0.6) is 0 Å². The summed E-state index contributed by atoms with van der Waals surface area (Å²) in [5.41, 5.74) is 7.55. The lowest BCUT2D eigenvalue weighted by Crippen LogP contribution is -2.09. The van der Waals surface area contributed by atoms with Crippen LogP contribution in [0.1, 0.15) is 5.56 Å². The zero-order chi connectivity index (χ0) is 18.1. The number of pyridine rings is 1. The standard InChI is InChI=1S/C17H13F2N7/c18-13-3-1-2-10(14(13)19)6-22-17-24-15(23-16(20)25-17)11-4-5-12-7-21-9-26(12)8-11/h1-5,7-9H,6H2,(H3,20,22,23,24,25). The molecular weight excluding hydrogens is 340 g/mol. The predicted octanol–water partition coefficient (Wildman–Crippen LogP) is 2.66. The van der Waals surface area contributed by atoms with Crippen LogP contribution >= 0.6 is 0 Å². The molecule has 7 nitrogen and oxygen atoms in total. The quantitative estimate of drug-likeness (QED) is 0.586. The number of halogens is 2. The summed E-state index contributed by atoms with van der Waals surface area (Å²) in [6.07, 6.45) is 5.20. The van der Waals surface area contributed by atoms with Gasteiger partial charge in [-0.15, -0.1) is 0 Å². The largest absolute Gasteiger partial charge is 0.368 e. The first-order valence-electron chi connectivity index (χ1n) is 7.70. The molecule has 4 rings (SSSR count). The van der Waals surface area contributed by atoms with Crippen LogP contribution in [0.25, 0.3) is 16.9 Å². The molecule has 9 heteroatoms. The number of aromatic nitrogens is 5. The van der Waals surface area contributed by atoms with Crippen molar-refractivity contribution in [2.24, 2.45) is 0 Å². The van der Waals surface area contributed by atoms with Crippen molar-refractivity contribution >= 4 is 17.4 Å². The van der Waals surface area contributed by atoms with Gasteiger partial charge >= 0.3 is 0 Å². The van der Waals surface area contributed by atoms with Crippen molar-refractivity contribution in [1.29, 1.82) is 0 Å². The molecule has 3 N–H and O–H groups in total. The summed E-state index contributed by atoms with van der Waals surface area (Å²) in [6, 6.07) is 7.68. The van der Waals surface area contributed by atoms with Crippen LogP contribution in [0, 0.1) is 11.6 Å². The van der Waals surface area contributed by atoms with E-state index in [1.807, 2.05) is 22.7 Å². The third-order valence-corrected chi connectivity index (χ3v) is 3.79. The van der Waals surface area contributed by atoms with Gasteiger partial charge in [0.05, 0.1) is 18.0 Å². The fraction of sp³-hybridized carbons (Fsp3) is 0.0588. The minimum atomic E-state index is -0.909. The SMILES string of the molecule is Nc1nc(NCc2cccc(F)c2F)nc(-c2ccc3cncn3c2)n1. The van der Waals surface area contributed by atoms with E-state index in [1.165, 1.54) is 12.1 Å². The summed E-state index contributed by atoms with van der Waals surface area (Å²) in [5, 5.41) is 2.84. The van der Waals surface area contributed by atoms with E-state index in [9.17, 15) is 8.78 Å². The first-order valence-corrected chi connectivity index (χ1v) is 7.70. The van der Waals surface area contributed by atoms with Crippen LogP contribution in [-0.4, -0.2) is 24.3 Å². The Bertz CT molecular complexity index is 1090. The van der Waals surface area contributed by atoms with Crippen molar-refractivity contribution < 1.29 is 8.78 Å². The maximum Gasteiger partial charge on any atom is 0.228 e. The second-order valence-electron chi connectivity index (χ2n) is 5.55. The van der Waals surface area contributed by atoms with Gasteiger partial charge in [0.15, 0.2) is 17.5 Å². The van der Waals surface area contributed by atoms with Gasteiger partial charge in [0.1, 0.15) is 0 Å². The van der Waals surface area contributed by atoms with E-state index in [2.05, 4.69) is 25.3 Å². The molecule has 0 amide bonds. The summed E-state index contributed by atoms with van der Waals surface area (Å²) in [7, 11) is 0. The zero-order valence-corrected chi connectivity index (χ0v) is 13.4. The number of hydrogen-bond acceptors (Lipinski definition) is 6. The second-order valence-corrected chi connectivity index (χ2v) is 5.55. The molecule has 0 saturated carbocycles. The lowest BCUT2D eigenvalue weighted by molar-refractivity contribution is 0.500. The number of anilines is 2. The van der Waals surface area contributed by atoms with Crippen LogP contribution in [0.4, 0.5) is 20.7 Å². The number of rotatable bonds is 4. The monoisotopic (exact) mass is 353 g/mol. The molecule has 0 saturated heterocycles. The highest BCUT2D eigenvalue weighted by atomic mass is 19.2. The van der Waals surface area contributed by atoms with E-state index in [0.29, 0.717) is 11.4 Å². The van der Waals surface area contributed by atoms with Gasteiger partial charge in [0.2, 0.25) is 11.9 Å². The Labute approximate surface area is 146 Å². The van der Waals surface area contributed by atoms with Gasteiger partial charge in [0, 0.05) is 23.9 Å². The fourth-order valence-corrected chi connectivity index (χ4v) is 2.51. The van der Waals surface area contributed by atoms with Gasteiger partial charge in [-0.05, 0) is 18.2 Å². The van der Waals surface area contributed by atoms with E-state index >= 15 is 0 Å². The molecule has 4 aromatic rings. The lowest BCUT2D eigenvalue weighted by atomic mass is 10.2. The molecule has 0 atom stereocenters. The van der Waals surface area contributed by atoms with Crippen LogP contribution in [0.2, 0.25) is 0 Å². The Hall–Kier alpha value is -3.62. The number of nitrogens with one attached hydrogen (secondary N) is 1. The number of imidazole rings is 1. The number of hydrogen-bond donors (Lipinski definition) is 2. The fourth-order valence-electron chi connectivity index (χ4n) is 2.51. The molecule has 0 radical (unpaired) electrons. The number of nitrogens with two attached hydrogens (primary N) is 1. The summed E-state index contributed by atoms with van der Waals surface area (Å²) in [6.45, 7) is 0.00699. The molecule has 0 aliphatic carbocycles. The normalized spacial score (nSPS) is 11.0. The van der Waals surface area contributed by atoms with Crippen molar-refractivity contribution in [2.75, 3.05) is 11.1 Å². The molecule has 0 unspecified atom stereocenters. The third-order valence-electron chi connectivity index (χ3n) is 3.79. The molecule has 0 aliphatic rings. The molecule has 0 bridgehead atoms. The zero-order valence-electron chi connectivity index (χ0n) is 13.4. The van der Waals surface area contributed by atoms with E-state index in [0.717, 1.165) is 11.6 Å². The highest BCUT2D eigenvalue weighted by Gasteiger charge is 2.10. The highest BCUT2D eigenvalue weighted by molar-refractivity contribution is 5.60. The Kier molecular flexibility index (Phi) is 3.88. The average Bonchev–Trinajstić information content (AvgIpc) is 3.10. The summed E-state index contributed by atoms with van der Waals surface area (Å²) in [5.74, 6) is -1.28.